The number of halogens is 2. The Morgan fingerprint density at radius 2 is 2.12 bits per heavy atom. The number of hydrogen-bond acceptors (Lipinski definition) is 4. The van der Waals surface area contributed by atoms with Crippen LogP contribution in [0.15, 0.2) is 22.7 Å². The molecule has 84 valence electrons. The number of aromatic nitrogens is 2. The molecule has 0 radical (unpaired) electrons. The molecule has 2 rings (SSSR count). The van der Waals surface area contributed by atoms with Crippen LogP contribution in [0.2, 0.25) is 0 Å². The third kappa shape index (κ3) is 2.06. The predicted molar refractivity (Wildman–Crippen MR) is 49.4 cm³/mol. The molecule has 0 aliphatic carbocycles. The summed E-state index contributed by atoms with van der Waals surface area (Å²) in [6.45, 7) is -0.376. The number of rotatable bonds is 3. The molecule has 0 spiro atoms. The first-order valence-electron chi connectivity index (χ1n) is 4.56. The molecule has 2 aromatic rings. The van der Waals surface area contributed by atoms with Gasteiger partial charge in [0, 0.05) is 6.42 Å². The molecule has 1 N–H and O–H groups in total. The third-order valence-corrected chi connectivity index (χ3v) is 2.03. The molecule has 0 aliphatic rings. The highest BCUT2D eigenvalue weighted by molar-refractivity contribution is 5.21. The summed E-state index contributed by atoms with van der Waals surface area (Å²) in [5.74, 6) is -1.58. The van der Waals surface area contributed by atoms with Crippen LogP contribution >= 0.6 is 0 Å². The molecule has 0 fully saturated rings. The standard InChI is InChI=1S/C10H8F2N2O2/c11-7-3-1-2-6(10(7)12)4-8-13-9(5-15)16-14-8/h1-3,15H,4-5H2. The Kier molecular flexibility index (Phi) is 2.91. The summed E-state index contributed by atoms with van der Waals surface area (Å²) in [4.78, 5) is 3.78. The minimum atomic E-state index is -0.919. The first kappa shape index (κ1) is 10.7. The van der Waals surface area contributed by atoms with Gasteiger partial charge in [-0.1, -0.05) is 17.3 Å². The summed E-state index contributed by atoms with van der Waals surface area (Å²) >= 11 is 0. The van der Waals surface area contributed by atoms with Crippen molar-refractivity contribution in [2.24, 2.45) is 0 Å². The van der Waals surface area contributed by atoms with E-state index in [1.807, 2.05) is 0 Å². The summed E-state index contributed by atoms with van der Waals surface area (Å²) in [5.41, 5.74) is 0.144. The van der Waals surface area contributed by atoms with Crippen LogP contribution in [0.1, 0.15) is 17.3 Å². The molecule has 16 heavy (non-hydrogen) atoms. The van der Waals surface area contributed by atoms with Gasteiger partial charge in [0.05, 0.1) is 0 Å². The predicted octanol–water partition coefficient (Wildman–Crippen LogP) is 1.43. The Labute approximate surface area is 89.5 Å². The molecule has 1 aromatic heterocycles. The fraction of sp³-hybridized carbons (Fsp3) is 0.200. The lowest BCUT2D eigenvalue weighted by molar-refractivity contribution is 0.222. The van der Waals surface area contributed by atoms with E-state index in [2.05, 4.69) is 14.7 Å². The van der Waals surface area contributed by atoms with Gasteiger partial charge in [0.1, 0.15) is 6.61 Å². The Balaban J connectivity index is 2.23. The van der Waals surface area contributed by atoms with Gasteiger partial charge in [0.2, 0.25) is 0 Å². The van der Waals surface area contributed by atoms with E-state index < -0.39 is 11.6 Å². The molecule has 6 heteroatoms. The summed E-state index contributed by atoms with van der Waals surface area (Å²) in [6, 6.07) is 3.88. The first-order chi connectivity index (χ1) is 7.70. The first-order valence-corrected chi connectivity index (χ1v) is 4.56. The van der Waals surface area contributed by atoms with Crippen molar-refractivity contribution in [3.63, 3.8) is 0 Å². The average Bonchev–Trinajstić information content (AvgIpc) is 2.73. The Hall–Kier alpha value is -1.82. The SMILES string of the molecule is OCc1nc(Cc2cccc(F)c2F)no1. The molecular formula is C10H8F2N2O2. The molecular weight excluding hydrogens is 218 g/mol. The van der Waals surface area contributed by atoms with E-state index >= 15 is 0 Å². The van der Waals surface area contributed by atoms with Crippen molar-refractivity contribution < 1.29 is 18.4 Å². The molecule has 0 bridgehead atoms. The molecule has 0 amide bonds. The van der Waals surface area contributed by atoms with Gasteiger partial charge in [-0.2, -0.15) is 4.98 Å². The molecule has 0 saturated heterocycles. The smallest absolute Gasteiger partial charge is 0.252 e. The number of hydrogen-bond donors (Lipinski definition) is 1. The van der Waals surface area contributed by atoms with Gasteiger partial charge in [-0.15, -0.1) is 0 Å². The maximum Gasteiger partial charge on any atom is 0.252 e. The minimum absolute atomic E-state index is 0.0209. The summed E-state index contributed by atoms with van der Waals surface area (Å²) in [6.07, 6.45) is 0.0209. The highest BCUT2D eigenvalue weighted by Crippen LogP contribution is 2.14. The molecule has 0 atom stereocenters. The summed E-state index contributed by atoms with van der Waals surface area (Å²) < 4.78 is 30.8. The highest BCUT2D eigenvalue weighted by Gasteiger charge is 2.11. The van der Waals surface area contributed by atoms with Crippen molar-refractivity contribution in [1.29, 1.82) is 0 Å². The summed E-state index contributed by atoms with van der Waals surface area (Å²) in [5, 5.41) is 12.2. The van der Waals surface area contributed by atoms with E-state index in [1.165, 1.54) is 12.1 Å². The van der Waals surface area contributed by atoms with E-state index in [4.69, 9.17) is 5.11 Å². The lowest BCUT2D eigenvalue weighted by Gasteiger charge is -1.99. The second-order valence-electron chi connectivity index (χ2n) is 3.15. The van der Waals surface area contributed by atoms with Crippen LogP contribution in [0.25, 0.3) is 0 Å². The molecule has 1 aromatic carbocycles. The summed E-state index contributed by atoms with van der Waals surface area (Å²) in [7, 11) is 0. The van der Waals surface area contributed by atoms with Gasteiger partial charge in [-0.25, -0.2) is 8.78 Å². The highest BCUT2D eigenvalue weighted by atomic mass is 19.2. The zero-order chi connectivity index (χ0) is 11.5. The fourth-order valence-corrected chi connectivity index (χ4v) is 1.28. The van der Waals surface area contributed by atoms with Crippen molar-refractivity contribution in [2.75, 3.05) is 0 Å². The lowest BCUT2D eigenvalue weighted by atomic mass is 10.1. The average molecular weight is 226 g/mol. The van der Waals surface area contributed by atoms with Crippen LogP contribution < -0.4 is 0 Å². The van der Waals surface area contributed by atoms with Crippen LogP contribution in [0, 0.1) is 11.6 Å². The Morgan fingerprint density at radius 3 is 2.81 bits per heavy atom. The van der Waals surface area contributed by atoms with E-state index in [9.17, 15) is 8.78 Å². The number of nitrogens with zero attached hydrogens (tertiary/aromatic N) is 2. The van der Waals surface area contributed by atoms with Crippen LogP contribution in [0.4, 0.5) is 8.78 Å². The second-order valence-corrected chi connectivity index (χ2v) is 3.15. The van der Waals surface area contributed by atoms with Crippen LogP contribution in [0.5, 0.6) is 0 Å². The monoisotopic (exact) mass is 226 g/mol. The normalized spacial score (nSPS) is 10.7. The van der Waals surface area contributed by atoms with Crippen molar-refractivity contribution in [1.82, 2.24) is 10.1 Å². The third-order valence-electron chi connectivity index (χ3n) is 2.03. The van der Waals surface area contributed by atoms with Gasteiger partial charge >= 0.3 is 0 Å². The molecule has 4 nitrogen and oxygen atoms in total. The molecule has 0 aliphatic heterocycles. The van der Waals surface area contributed by atoms with E-state index in [0.29, 0.717) is 0 Å². The van der Waals surface area contributed by atoms with Crippen molar-refractivity contribution in [2.45, 2.75) is 13.0 Å². The van der Waals surface area contributed by atoms with Gasteiger partial charge < -0.3 is 9.63 Å². The van der Waals surface area contributed by atoms with Crippen LogP contribution in [-0.2, 0) is 13.0 Å². The number of aliphatic hydroxyl groups excluding tert-OH is 1. The molecule has 0 unspecified atom stereocenters. The van der Waals surface area contributed by atoms with Crippen molar-refractivity contribution >= 4 is 0 Å². The fourth-order valence-electron chi connectivity index (χ4n) is 1.28. The molecule has 0 saturated carbocycles. The maximum atomic E-state index is 13.3. The lowest BCUT2D eigenvalue weighted by Crippen LogP contribution is -1.97. The van der Waals surface area contributed by atoms with Crippen molar-refractivity contribution in [3.8, 4) is 0 Å². The van der Waals surface area contributed by atoms with Gasteiger partial charge in [0.25, 0.3) is 5.89 Å². The van der Waals surface area contributed by atoms with Gasteiger partial charge in [0.15, 0.2) is 17.5 Å². The second kappa shape index (κ2) is 4.36. The van der Waals surface area contributed by atoms with Crippen LogP contribution in [0.3, 0.4) is 0 Å². The largest absolute Gasteiger partial charge is 0.387 e. The van der Waals surface area contributed by atoms with E-state index in [0.717, 1.165) is 6.07 Å². The van der Waals surface area contributed by atoms with Gasteiger partial charge in [-0.05, 0) is 11.6 Å². The Bertz CT molecular complexity index is 499. The van der Waals surface area contributed by atoms with Crippen molar-refractivity contribution in [3.05, 3.63) is 47.1 Å². The minimum Gasteiger partial charge on any atom is -0.387 e. The zero-order valence-electron chi connectivity index (χ0n) is 8.15. The molecule has 1 heterocycles. The zero-order valence-corrected chi connectivity index (χ0v) is 8.15. The van der Waals surface area contributed by atoms with Crippen LogP contribution in [-0.4, -0.2) is 15.2 Å². The van der Waals surface area contributed by atoms with Gasteiger partial charge in [-0.3, -0.25) is 0 Å². The van der Waals surface area contributed by atoms with E-state index in [-0.39, 0.29) is 30.3 Å². The quantitative estimate of drug-likeness (QED) is 0.860. The van der Waals surface area contributed by atoms with E-state index in [1.54, 1.807) is 0 Å². The number of benzene rings is 1. The maximum absolute atomic E-state index is 13.3. The topological polar surface area (TPSA) is 59.2 Å². The Morgan fingerprint density at radius 1 is 1.31 bits per heavy atom. The number of aliphatic hydroxyl groups is 1.